The molecule has 2 atom stereocenters. The number of ketones is 1. The van der Waals surface area contributed by atoms with Crippen LogP contribution in [0.2, 0.25) is 0 Å². The molecule has 0 saturated heterocycles. The van der Waals surface area contributed by atoms with Gasteiger partial charge in [0.1, 0.15) is 5.78 Å². The van der Waals surface area contributed by atoms with E-state index >= 15 is 0 Å². The van der Waals surface area contributed by atoms with Gasteiger partial charge in [0.05, 0.1) is 0 Å². The number of nitrogens with two attached hydrogens (primary N) is 1. The van der Waals surface area contributed by atoms with Crippen molar-refractivity contribution in [1.29, 1.82) is 0 Å². The number of nitrogens with one attached hydrogen (secondary N) is 2. The standard InChI is InChI=1S/C24H33N3O3.C2HF3O2/c1-16(12-20(28)13-19(25)14-22(29)27-24(2,3)4)23(30)26-15-18-10-7-9-17-8-5-6-11-21(17)18;3-2(4,5)1(6)7/h5-11,16,19H,12-15,25H2,1-4H3,(H,26,30)(H,27,29);(H,6,7)/t16-,19-;/m1./s1. The third kappa shape index (κ3) is 12.4. The van der Waals surface area contributed by atoms with Crippen LogP contribution in [-0.2, 0) is 25.7 Å². The summed E-state index contributed by atoms with van der Waals surface area (Å²) in [7, 11) is 0. The molecule has 11 heteroatoms. The van der Waals surface area contributed by atoms with Crippen LogP contribution in [0.5, 0.6) is 0 Å². The van der Waals surface area contributed by atoms with Gasteiger partial charge in [0.15, 0.2) is 0 Å². The van der Waals surface area contributed by atoms with Crippen LogP contribution in [0.3, 0.4) is 0 Å². The molecule has 0 heterocycles. The zero-order chi connectivity index (χ0) is 28.4. The van der Waals surface area contributed by atoms with E-state index in [-0.39, 0.29) is 42.4 Å². The Kier molecular flexibility index (Phi) is 11.7. The van der Waals surface area contributed by atoms with E-state index in [0.717, 1.165) is 16.3 Å². The van der Waals surface area contributed by atoms with E-state index < -0.39 is 24.1 Å². The molecular formula is C26H34F3N3O5. The fourth-order valence-corrected chi connectivity index (χ4v) is 3.39. The number of carbonyl (C=O) groups is 4. The second-order valence-electron chi connectivity index (χ2n) is 9.77. The highest BCUT2D eigenvalue weighted by Crippen LogP contribution is 2.18. The smallest absolute Gasteiger partial charge is 0.475 e. The van der Waals surface area contributed by atoms with Gasteiger partial charge in [-0.2, -0.15) is 13.2 Å². The molecule has 8 nitrogen and oxygen atoms in total. The van der Waals surface area contributed by atoms with E-state index in [1.54, 1.807) is 6.92 Å². The fraction of sp³-hybridized carbons (Fsp3) is 0.462. The first-order valence-corrected chi connectivity index (χ1v) is 11.6. The summed E-state index contributed by atoms with van der Waals surface area (Å²) in [6.45, 7) is 7.81. The van der Waals surface area contributed by atoms with Crippen LogP contribution in [0.4, 0.5) is 13.2 Å². The van der Waals surface area contributed by atoms with Gasteiger partial charge in [-0.1, -0.05) is 49.4 Å². The Balaban J connectivity index is 0.000000856. The number of rotatable bonds is 9. The zero-order valence-corrected chi connectivity index (χ0v) is 21.3. The summed E-state index contributed by atoms with van der Waals surface area (Å²) in [4.78, 5) is 45.6. The number of carboxylic acid groups (broad SMARTS) is 1. The van der Waals surface area contributed by atoms with Crippen LogP contribution < -0.4 is 16.4 Å². The van der Waals surface area contributed by atoms with Crippen LogP contribution in [0.25, 0.3) is 10.8 Å². The highest BCUT2D eigenvalue weighted by Gasteiger charge is 2.38. The first-order valence-electron chi connectivity index (χ1n) is 11.6. The molecule has 0 fully saturated rings. The average molecular weight is 526 g/mol. The Labute approximate surface area is 213 Å². The largest absolute Gasteiger partial charge is 0.490 e. The zero-order valence-electron chi connectivity index (χ0n) is 21.3. The van der Waals surface area contributed by atoms with Crippen molar-refractivity contribution in [3.8, 4) is 0 Å². The topological polar surface area (TPSA) is 139 Å². The molecule has 0 unspecified atom stereocenters. The third-order valence-corrected chi connectivity index (χ3v) is 5.01. The van der Waals surface area contributed by atoms with Crippen molar-refractivity contribution in [1.82, 2.24) is 10.6 Å². The molecule has 0 saturated carbocycles. The minimum atomic E-state index is -5.08. The van der Waals surface area contributed by atoms with E-state index in [1.165, 1.54) is 0 Å². The lowest BCUT2D eigenvalue weighted by atomic mass is 9.97. The molecule has 2 rings (SSSR count). The number of halogens is 3. The number of alkyl halides is 3. The summed E-state index contributed by atoms with van der Waals surface area (Å²) in [5.41, 5.74) is 6.65. The number of benzene rings is 2. The summed E-state index contributed by atoms with van der Waals surface area (Å²) >= 11 is 0. The second kappa shape index (κ2) is 13.7. The van der Waals surface area contributed by atoms with Crippen molar-refractivity contribution in [2.75, 3.05) is 0 Å². The molecule has 0 aliphatic rings. The molecular weight excluding hydrogens is 491 g/mol. The SMILES string of the molecule is C[C@H](CC(=O)C[C@@H](N)CC(=O)NC(C)(C)C)C(=O)NCc1cccc2ccccc12.O=C(O)C(F)(F)F. The van der Waals surface area contributed by atoms with Gasteiger partial charge in [0.2, 0.25) is 11.8 Å². The van der Waals surface area contributed by atoms with Crippen molar-refractivity contribution in [3.63, 3.8) is 0 Å². The fourth-order valence-electron chi connectivity index (χ4n) is 3.39. The van der Waals surface area contributed by atoms with Crippen molar-refractivity contribution in [3.05, 3.63) is 48.0 Å². The summed E-state index contributed by atoms with van der Waals surface area (Å²) in [5, 5.41) is 15.1. The lowest BCUT2D eigenvalue weighted by molar-refractivity contribution is -0.192. The first kappa shape index (κ1) is 31.6. The number of aliphatic carboxylic acids is 1. The van der Waals surface area contributed by atoms with Crippen molar-refractivity contribution in [2.24, 2.45) is 11.7 Å². The van der Waals surface area contributed by atoms with Crippen LogP contribution in [-0.4, -0.2) is 46.4 Å². The lowest BCUT2D eigenvalue weighted by Crippen LogP contribution is -2.43. The van der Waals surface area contributed by atoms with Crippen LogP contribution in [0.15, 0.2) is 42.5 Å². The van der Waals surface area contributed by atoms with Gasteiger partial charge in [-0.3, -0.25) is 14.4 Å². The maximum absolute atomic E-state index is 12.4. The number of hydrogen-bond donors (Lipinski definition) is 4. The molecule has 0 aliphatic carbocycles. The van der Waals surface area contributed by atoms with Crippen LogP contribution in [0.1, 0.15) is 52.5 Å². The Morgan fingerprint density at radius 2 is 1.51 bits per heavy atom. The van der Waals surface area contributed by atoms with E-state index in [9.17, 15) is 27.6 Å². The molecule has 2 amide bonds. The summed E-state index contributed by atoms with van der Waals surface area (Å²) in [5.74, 6) is -3.67. The molecule has 2 aromatic rings. The average Bonchev–Trinajstić information content (AvgIpc) is 2.75. The lowest BCUT2D eigenvalue weighted by Gasteiger charge is -2.21. The van der Waals surface area contributed by atoms with Crippen molar-refractivity contribution in [2.45, 2.75) is 71.3 Å². The number of hydrogen-bond acceptors (Lipinski definition) is 5. The highest BCUT2D eigenvalue weighted by atomic mass is 19.4. The minimum Gasteiger partial charge on any atom is -0.475 e. The van der Waals surface area contributed by atoms with Gasteiger partial charge in [0, 0.05) is 43.3 Å². The maximum Gasteiger partial charge on any atom is 0.490 e. The van der Waals surface area contributed by atoms with Gasteiger partial charge in [-0.05, 0) is 37.1 Å². The predicted molar refractivity (Wildman–Crippen MR) is 133 cm³/mol. The molecule has 0 bridgehead atoms. The van der Waals surface area contributed by atoms with Gasteiger partial charge in [0.25, 0.3) is 0 Å². The minimum absolute atomic E-state index is 0.0819. The maximum atomic E-state index is 12.4. The molecule has 0 radical (unpaired) electrons. The Morgan fingerprint density at radius 1 is 0.946 bits per heavy atom. The molecule has 0 aromatic heterocycles. The van der Waals surface area contributed by atoms with Crippen molar-refractivity contribution >= 4 is 34.3 Å². The number of fused-ring (bicyclic) bond motifs is 1. The number of carbonyl (C=O) groups excluding carboxylic acids is 3. The first-order chi connectivity index (χ1) is 17.0. The van der Waals surface area contributed by atoms with E-state index in [4.69, 9.17) is 15.6 Å². The normalized spacial score (nSPS) is 13.1. The second-order valence-corrected chi connectivity index (χ2v) is 9.77. The van der Waals surface area contributed by atoms with Gasteiger partial charge < -0.3 is 21.5 Å². The van der Waals surface area contributed by atoms with Crippen molar-refractivity contribution < 1.29 is 37.5 Å². The number of amides is 2. The van der Waals surface area contributed by atoms with Crippen LogP contribution in [0, 0.1) is 5.92 Å². The predicted octanol–water partition coefficient (Wildman–Crippen LogP) is 3.71. The Morgan fingerprint density at radius 3 is 2.08 bits per heavy atom. The molecule has 204 valence electrons. The quantitative estimate of drug-likeness (QED) is 0.394. The molecule has 37 heavy (non-hydrogen) atoms. The Hall–Kier alpha value is -3.47. The van der Waals surface area contributed by atoms with Gasteiger partial charge >= 0.3 is 12.1 Å². The van der Waals surface area contributed by atoms with E-state index in [0.29, 0.717) is 6.54 Å². The van der Waals surface area contributed by atoms with E-state index in [2.05, 4.69) is 10.6 Å². The van der Waals surface area contributed by atoms with Crippen LogP contribution >= 0.6 is 0 Å². The summed E-state index contributed by atoms with van der Waals surface area (Å²) in [6, 6.07) is 13.5. The van der Waals surface area contributed by atoms with E-state index in [1.807, 2.05) is 63.2 Å². The van der Waals surface area contributed by atoms with Gasteiger partial charge in [-0.15, -0.1) is 0 Å². The molecule has 0 aliphatic heterocycles. The number of Topliss-reactive ketones (excluding diaryl/α,β-unsaturated/α-hetero) is 1. The molecule has 0 spiro atoms. The van der Waals surface area contributed by atoms with Gasteiger partial charge in [-0.25, -0.2) is 4.79 Å². The summed E-state index contributed by atoms with van der Waals surface area (Å²) in [6.07, 6.45) is -4.81. The molecule has 5 N–H and O–H groups in total. The third-order valence-electron chi connectivity index (χ3n) is 5.01. The Bertz CT molecular complexity index is 1090. The molecule has 2 aromatic carbocycles. The summed E-state index contributed by atoms with van der Waals surface area (Å²) < 4.78 is 31.7. The number of carboxylic acids is 1. The monoisotopic (exact) mass is 525 g/mol. The highest BCUT2D eigenvalue weighted by molar-refractivity contribution is 5.88.